The highest BCUT2D eigenvalue weighted by molar-refractivity contribution is 5.75. The van der Waals surface area contributed by atoms with Crippen LogP contribution in [0.3, 0.4) is 0 Å². The molecule has 0 heterocycles. The SMILES string of the molecule is CCCCC(C(=O)OC)N(C)C(CC)CC. The Balaban J connectivity index is 4.52. The zero-order valence-electron chi connectivity index (χ0n) is 11.5. The minimum absolute atomic E-state index is 0.0742. The van der Waals surface area contributed by atoms with Crippen molar-refractivity contribution in [3.05, 3.63) is 0 Å². The van der Waals surface area contributed by atoms with Crippen LogP contribution in [0.15, 0.2) is 0 Å². The van der Waals surface area contributed by atoms with E-state index in [0.717, 1.165) is 32.1 Å². The van der Waals surface area contributed by atoms with Crippen molar-refractivity contribution < 1.29 is 9.53 Å². The molecule has 0 N–H and O–H groups in total. The first kappa shape index (κ1) is 15.4. The van der Waals surface area contributed by atoms with Gasteiger partial charge in [0, 0.05) is 6.04 Å². The third kappa shape index (κ3) is 4.52. The number of likely N-dealkylation sites (N-methyl/N-ethyl adjacent to an activating group) is 1. The number of methoxy groups -OCH3 is 1. The molecule has 16 heavy (non-hydrogen) atoms. The fourth-order valence-corrected chi connectivity index (χ4v) is 2.14. The molecule has 0 aromatic rings. The first-order chi connectivity index (χ1) is 7.62. The number of ether oxygens (including phenoxy) is 1. The average molecular weight is 229 g/mol. The number of hydrogen-bond acceptors (Lipinski definition) is 3. The van der Waals surface area contributed by atoms with Gasteiger partial charge in [-0.25, -0.2) is 0 Å². The zero-order valence-corrected chi connectivity index (χ0v) is 11.5. The summed E-state index contributed by atoms with van der Waals surface area (Å²) in [4.78, 5) is 13.9. The monoisotopic (exact) mass is 229 g/mol. The summed E-state index contributed by atoms with van der Waals surface area (Å²) in [5, 5.41) is 0. The number of nitrogens with zero attached hydrogens (tertiary/aromatic N) is 1. The van der Waals surface area contributed by atoms with Crippen molar-refractivity contribution >= 4 is 5.97 Å². The van der Waals surface area contributed by atoms with Crippen molar-refractivity contribution in [1.82, 2.24) is 4.90 Å². The van der Waals surface area contributed by atoms with Crippen LogP contribution in [0, 0.1) is 0 Å². The number of hydrogen-bond donors (Lipinski definition) is 0. The summed E-state index contributed by atoms with van der Waals surface area (Å²) in [6.07, 6.45) is 5.24. The van der Waals surface area contributed by atoms with Gasteiger partial charge in [0.2, 0.25) is 0 Å². The molecule has 0 amide bonds. The molecule has 0 saturated carbocycles. The molecule has 1 atom stereocenters. The van der Waals surface area contributed by atoms with Crippen LogP contribution in [0.5, 0.6) is 0 Å². The summed E-state index contributed by atoms with van der Waals surface area (Å²) < 4.78 is 4.89. The van der Waals surface area contributed by atoms with Gasteiger partial charge in [-0.15, -0.1) is 0 Å². The van der Waals surface area contributed by atoms with Crippen LogP contribution >= 0.6 is 0 Å². The molecule has 0 fully saturated rings. The van der Waals surface area contributed by atoms with Crippen molar-refractivity contribution in [2.45, 2.75) is 65.0 Å². The third-order valence-corrected chi connectivity index (χ3v) is 3.31. The Morgan fingerprint density at radius 3 is 2.19 bits per heavy atom. The van der Waals surface area contributed by atoms with E-state index in [9.17, 15) is 4.79 Å². The topological polar surface area (TPSA) is 29.5 Å². The minimum atomic E-state index is -0.0946. The normalized spacial score (nSPS) is 13.2. The van der Waals surface area contributed by atoms with Gasteiger partial charge in [0.05, 0.1) is 7.11 Å². The summed E-state index contributed by atoms with van der Waals surface area (Å²) in [6.45, 7) is 6.48. The van der Waals surface area contributed by atoms with E-state index in [4.69, 9.17) is 4.74 Å². The largest absolute Gasteiger partial charge is 0.468 e. The molecule has 0 aromatic carbocycles. The van der Waals surface area contributed by atoms with Crippen LogP contribution in [0.4, 0.5) is 0 Å². The second-order valence-corrected chi connectivity index (χ2v) is 4.32. The fourth-order valence-electron chi connectivity index (χ4n) is 2.14. The van der Waals surface area contributed by atoms with E-state index in [1.165, 1.54) is 7.11 Å². The second kappa shape index (κ2) is 8.57. The summed E-state index contributed by atoms with van der Waals surface area (Å²) in [7, 11) is 3.51. The molecule has 0 aliphatic heterocycles. The lowest BCUT2D eigenvalue weighted by atomic mass is 10.0. The predicted molar refractivity (Wildman–Crippen MR) is 67.5 cm³/mol. The Morgan fingerprint density at radius 1 is 1.25 bits per heavy atom. The highest BCUT2D eigenvalue weighted by Crippen LogP contribution is 2.16. The quantitative estimate of drug-likeness (QED) is 0.599. The van der Waals surface area contributed by atoms with Crippen molar-refractivity contribution in [1.29, 1.82) is 0 Å². The zero-order chi connectivity index (χ0) is 12.6. The van der Waals surface area contributed by atoms with E-state index in [2.05, 4.69) is 25.7 Å². The molecule has 0 rings (SSSR count). The molecule has 0 bridgehead atoms. The van der Waals surface area contributed by atoms with Gasteiger partial charge in [0.25, 0.3) is 0 Å². The van der Waals surface area contributed by atoms with Crippen molar-refractivity contribution in [3.8, 4) is 0 Å². The van der Waals surface area contributed by atoms with Crippen LogP contribution in [-0.2, 0) is 9.53 Å². The van der Waals surface area contributed by atoms with Gasteiger partial charge in [-0.05, 0) is 26.3 Å². The lowest BCUT2D eigenvalue weighted by molar-refractivity contribution is -0.147. The van der Waals surface area contributed by atoms with E-state index in [1.54, 1.807) is 0 Å². The number of unbranched alkanes of at least 4 members (excludes halogenated alkanes) is 1. The van der Waals surface area contributed by atoms with E-state index in [1.807, 2.05) is 7.05 Å². The fraction of sp³-hybridized carbons (Fsp3) is 0.923. The summed E-state index contributed by atoms with van der Waals surface area (Å²) in [5.41, 5.74) is 0. The van der Waals surface area contributed by atoms with Crippen LogP contribution in [0.2, 0.25) is 0 Å². The first-order valence-electron chi connectivity index (χ1n) is 6.41. The Labute approximate surface area is 100 Å². The second-order valence-electron chi connectivity index (χ2n) is 4.32. The Hall–Kier alpha value is -0.570. The molecule has 3 nitrogen and oxygen atoms in total. The van der Waals surface area contributed by atoms with Gasteiger partial charge in [-0.3, -0.25) is 9.69 Å². The number of rotatable bonds is 8. The smallest absolute Gasteiger partial charge is 0.323 e. The van der Waals surface area contributed by atoms with Crippen LogP contribution in [0.1, 0.15) is 52.9 Å². The van der Waals surface area contributed by atoms with E-state index < -0.39 is 0 Å². The van der Waals surface area contributed by atoms with Gasteiger partial charge in [0.1, 0.15) is 6.04 Å². The Kier molecular flexibility index (Phi) is 8.26. The lowest BCUT2D eigenvalue weighted by Gasteiger charge is -2.32. The van der Waals surface area contributed by atoms with Crippen molar-refractivity contribution in [3.63, 3.8) is 0 Å². The number of esters is 1. The average Bonchev–Trinajstić information content (AvgIpc) is 2.30. The van der Waals surface area contributed by atoms with Gasteiger partial charge >= 0.3 is 5.97 Å². The van der Waals surface area contributed by atoms with E-state index >= 15 is 0 Å². The summed E-state index contributed by atoms with van der Waals surface area (Å²) in [5.74, 6) is -0.0946. The van der Waals surface area contributed by atoms with Gasteiger partial charge in [0.15, 0.2) is 0 Å². The maximum Gasteiger partial charge on any atom is 0.323 e. The molecule has 0 aromatic heterocycles. The standard InChI is InChI=1S/C13H27NO2/c1-6-9-10-12(13(15)16-5)14(4)11(7-2)8-3/h11-12H,6-10H2,1-5H3. The van der Waals surface area contributed by atoms with Crippen molar-refractivity contribution in [2.24, 2.45) is 0 Å². The van der Waals surface area contributed by atoms with E-state index in [-0.39, 0.29) is 12.0 Å². The van der Waals surface area contributed by atoms with Crippen LogP contribution in [0.25, 0.3) is 0 Å². The van der Waals surface area contributed by atoms with Crippen LogP contribution in [-0.4, -0.2) is 37.1 Å². The Morgan fingerprint density at radius 2 is 1.81 bits per heavy atom. The highest BCUT2D eigenvalue weighted by atomic mass is 16.5. The lowest BCUT2D eigenvalue weighted by Crippen LogP contribution is -2.45. The molecule has 3 heteroatoms. The summed E-state index contributed by atoms with van der Waals surface area (Å²) >= 11 is 0. The van der Waals surface area contributed by atoms with Gasteiger partial charge in [-0.2, -0.15) is 0 Å². The number of carbonyl (C=O) groups is 1. The molecule has 0 aliphatic carbocycles. The molecule has 0 radical (unpaired) electrons. The Bertz CT molecular complexity index is 190. The third-order valence-electron chi connectivity index (χ3n) is 3.31. The van der Waals surface area contributed by atoms with Crippen LogP contribution < -0.4 is 0 Å². The maximum atomic E-state index is 11.7. The van der Waals surface area contributed by atoms with Gasteiger partial charge < -0.3 is 4.74 Å². The molecule has 0 saturated heterocycles. The molecular formula is C13H27NO2. The molecule has 0 spiro atoms. The molecule has 96 valence electrons. The maximum absolute atomic E-state index is 11.7. The van der Waals surface area contributed by atoms with E-state index in [0.29, 0.717) is 6.04 Å². The van der Waals surface area contributed by atoms with Gasteiger partial charge in [-0.1, -0.05) is 33.6 Å². The molecule has 0 aliphatic rings. The van der Waals surface area contributed by atoms with Crippen molar-refractivity contribution in [2.75, 3.05) is 14.2 Å². The predicted octanol–water partition coefficient (Wildman–Crippen LogP) is 2.84. The summed E-state index contributed by atoms with van der Waals surface area (Å²) in [6, 6.07) is 0.399. The minimum Gasteiger partial charge on any atom is -0.468 e. The highest BCUT2D eigenvalue weighted by Gasteiger charge is 2.27. The first-order valence-corrected chi connectivity index (χ1v) is 6.41. The molecular weight excluding hydrogens is 202 g/mol. The number of carbonyl (C=O) groups excluding carboxylic acids is 1. The molecule has 1 unspecified atom stereocenters.